The van der Waals surface area contributed by atoms with E-state index < -0.39 is 6.10 Å². The lowest BCUT2D eigenvalue weighted by molar-refractivity contribution is -0.167. The van der Waals surface area contributed by atoms with Gasteiger partial charge in [0.2, 0.25) is 0 Å². The molecule has 0 bridgehead atoms. The molecule has 0 spiro atoms. The number of carbonyl (C=O) groups is 3. The van der Waals surface area contributed by atoms with Gasteiger partial charge in [0.15, 0.2) is 6.10 Å². The summed E-state index contributed by atoms with van der Waals surface area (Å²) in [7, 11) is 0. The summed E-state index contributed by atoms with van der Waals surface area (Å²) in [4.78, 5) is 37.9. The molecule has 0 rings (SSSR count). The third kappa shape index (κ3) is 47.7. The minimum absolute atomic E-state index is 0.0987. The van der Waals surface area contributed by atoms with Crippen molar-refractivity contribution >= 4 is 17.9 Å². The second-order valence-electron chi connectivity index (χ2n) is 16.7. The van der Waals surface area contributed by atoms with E-state index in [-0.39, 0.29) is 37.5 Å². The predicted molar refractivity (Wildman–Crippen MR) is 261 cm³/mol. The lowest BCUT2D eigenvalue weighted by Gasteiger charge is -2.18. The van der Waals surface area contributed by atoms with Crippen molar-refractivity contribution in [3.63, 3.8) is 0 Å². The van der Waals surface area contributed by atoms with Gasteiger partial charge >= 0.3 is 17.9 Å². The number of ether oxygens (including phenoxy) is 3. The van der Waals surface area contributed by atoms with Crippen LogP contribution in [0.3, 0.4) is 0 Å². The number of carbonyl (C=O) groups excluding carboxylic acids is 3. The SMILES string of the molecule is CCCC/C=C\CCCCCCCC(=O)OCC(COC(=O)CCC/C=C\C/C=C\C/C=C\C/C=C\CCCCC)OC(=O)CCCCCCCCC/C=C\CCCCCC. The van der Waals surface area contributed by atoms with Crippen molar-refractivity contribution in [3.8, 4) is 0 Å². The van der Waals surface area contributed by atoms with Crippen LogP contribution in [0.4, 0.5) is 0 Å². The Kier molecular flexibility index (Phi) is 46.9. The van der Waals surface area contributed by atoms with Gasteiger partial charge in [-0.05, 0) is 103 Å². The number of unbranched alkanes of at least 4 members (excludes halogenated alkanes) is 22. The normalized spacial score (nSPS) is 12.6. The molecule has 1 atom stereocenters. The molecule has 0 radical (unpaired) electrons. The summed E-state index contributed by atoms with van der Waals surface area (Å²) in [5.74, 6) is -0.971. The highest BCUT2D eigenvalue weighted by Crippen LogP contribution is 2.13. The van der Waals surface area contributed by atoms with Crippen LogP contribution in [0.15, 0.2) is 72.9 Å². The molecule has 0 saturated carbocycles. The first-order chi connectivity index (χ1) is 30.0. The quantitative estimate of drug-likeness (QED) is 0.0263. The molecule has 6 heteroatoms. The highest BCUT2D eigenvalue weighted by Gasteiger charge is 2.19. The van der Waals surface area contributed by atoms with Crippen LogP contribution < -0.4 is 0 Å². The van der Waals surface area contributed by atoms with Gasteiger partial charge in [-0.2, -0.15) is 0 Å². The summed E-state index contributed by atoms with van der Waals surface area (Å²) < 4.78 is 16.7. The molecule has 0 fully saturated rings. The average Bonchev–Trinajstić information content (AvgIpc) is 3.26. The summed E-state index contributed by atoms with van der Waals surface area (Å²) >= 11 is 0. The largest absolute Gasteiger partial charge is 0.462 e. The van der Waals surface area contributed by atoms with Gasteiger partial charge in [0, 0.05) is 19.3 Å². The molecule has 0 aliphatic rings. The predicted octanol–water partition coefficient (Wildman–Crippen LogP) is 16.6. The van der Waals surface area contributed by atoms with E-state index in [2.05, 4.69) is 93.7 Å². The molecule has 0 amide bonds. The second-order valence-corrected chi connectivity index (χ2v) is 16.7. The van der Waals surface area contributed by atoms with Crippen LogP contribution >= 0.6 is 0 Å². The van der Waals surface area contributed by atoms with Gasteiger partial charge in [-0.25, -0.2) is 0 Å². The molecule has 1 unspecified atom stereocenters. The molecule has 0 aromatic carbocycles. The van der Waals surface area contributed by atoms with Crippen molar-refractivity contribution in [2.45, 2.75) is 245 Å². The molecule has 0 aromatic heterocycles. The fraction of sp³-hybridized carbons (Fsp3) is 0.727. The zero-order chi connectivity index (χ0) is 44.4. The van der Waals surface area contributed by atoms with Crippen molar-refractivity contribution in [2.75, 3.05) is 13.2 Å². The molecule has 0 aliphatic heterocycles. The van der Waals surface area contributed by atoms with Crippen LogP contribution in [0.25, 0.3) is 0 Å². The first-order valence-corrected chi connectivity index (χ1v) is 25.4. The van der Waals surface area contributed by atoms with Crippen LogP contribution in [0, 0.1) is 0 Å². The topological polar surface area (TPSA) is 78.9 Å². The number of hydrogen-bond donors (Lipinski definition) is 0. The number of hydrogen-bond acceptors (Lipinski definition) is 6. The lowest BCUT2D eigenvalue weighted by atomic mass is 10.1. The first-order valence-electron chi connectivity index (χ1n) is 25.4. The van der Waals surface area contributed by atoms with Gasteiger partial charge < -0.3 is 14.2 Å². The van der Waals surface area contributed by atoms with Crippen LogP contribution in [0.1, 0.15) is 239 Å². The van der Waals surface area contributed by atoms with Gasteiger partial charge in [0.25, 0.3) is 0 Å². The van der Waals surface area contributed by atoms with Gasteiger partial charge in [-0.15, -0.1) is 0 Å². The van der Waals surface area contributed by atoms with E-state index in [1.807, 2.05) is 0 Å². The summed E-state index contributed by atoms with van der Waals surface area (Å²) in [6.45, 7) is 6.50. The van der Waals surface area contributed by atoms with E-state index in [0.717, 1.165) is 77.0 Å². The first kappa shape index (κ1) is 57.9. The van der Waals surface area contributed by atoms with Crippen LogP contribution in [-0.4, -0.2) is 37.2 Å². The van der Waals surface area contributed by atoms with Crippen LogP contribution in [0.5, 0.6) is 0 Å². The molecule has 61 heavy (non-hydrogen) atoms. The molecule has 0 N–H and O–H groups in total. The second kappa shape index (κ2) is 49.5. The number of rotatable bonds is 45. The van der Waals surface area contributed by atoms with Gasteiger partial charge in [0.05, 0.1) is 0 Å². The molecule has 0 aliphatic carbocycles. The standard InChI is InChI=1S/C55H94O6/c1-4-7-10-13-16-19-22-24-26-27-29-30-33-36-39-42-45-48-54(57)60-51-52(50-59-53(56)47-44-41-38-35-32-21-18-15-12-9-6-3)61-55(58)49-46-43-40-37-34-31-28-25-23-20-17-14-11-8-5-2/h15-16,18-20,23-24,26,29-30,36,39,52H,4-14,17,21-22,25,27-28,31-35,37-38,40-51H2,1-3H3/b18-15-,19-16-,23-20-,26-24-,30-29-,39-36-. The Morgan fingerprint density at radius 3 is 1.08 bits per heavy atom. The fourth-order valence-corrected chi connectivity index (χ4v) is 6.76. The summed E-state index contributed by atoms with van der Waals surface area (Å²) in [5, 5.41) is 0. The van der Waals surface area contributed by atoms with Crippen molar-refractivity contribution < 1.29 is 28.6 Å². The minimum atomic E-state index is -0.801. The monoisotopic (exact) mass is 851 g/mol. The summed E-state index contributed by atoms with van der Waals surface area (Å²) in [6.07, 6.45) is 61.7. The number of esters is 3. The maximum Gasteiger partial charge on any atom is 0.306 e. The van der Waals surface area contributed by atoms with Crippen molar-refractivity contribution in [1.29, 1.82) is 0 Å². The van der Waals surface area contributed by atoms with E-state index in [1.165, 1.54) is 116 Å². The molecule has 0 heterocycles. The Morgan fingerprint density at radius 2 is 0.623 bits per heavy atom. The van der Waals surface area contributed by atoms with Crippen molar-refractivity contribution in [2.24, 2.45) is 0 Å². The zero-order valence-corrected chi connectivity index (χ0v) is 39.9. The van der Waals surface area contributed by atoms with E-state index in [1.54, 1.807) is 0 Å². The molecule has 350 valence electrons. The van der Waals surface area contributed by atoms with Crippen molar-refractivity contribution in [3.05, 3.63) is 72.9 Å². The van der Waals surface area contributed by atoms with E-state index in [4.69, 9.17) is 14.2 Å². The molecular formula is C55H94O6. The fourth-order valence-electron chi connectivity index (χ4n) is 6.76. The zero-order valence-electron chi connectivity index (χ0n) is 39.9. The third-order valence-corrected chi connectivity index (χ3v) is 10.7. The maximum absolute atomic E-state index is 12.8. The maximum atomic E-state index is 12.8. The summed E-state index contributed by atoms with van der Waals surface area (Å²) in [6, 6.07) is 0. The Labute approximate surface area is 376 Å². The highest BCUT2D eigenvalue weighted by atomic mass is 16.6. The Bertz CT molecular complexity index is 1160. The molecule has 0 saturated heterocycles. The smallest absolute Gasteiger partial charge is 0.306 e. The minimum Gasteiger partial charge on any atom is -0.462 e. The molecule has 6 nitrogen and oxygen atoms in total. The highest BCUT2D eigenvalue weighted by molar-refractivity contribution is 5.71. The molecular weight excluding hydrogens is 757 g/mol. The van der Waals surface area contributed by atoms with Crippen molar-refractivity contribution in [1.82, 2.24) is 0 Å². The van der Waals surface area contributed by atoms with Crippen LogP contribution in [-0.2, 0) is 28.6 Å². The Balaban J connectivity index is 4.47. The van der Waals surface area contributed by atoms with E-state index in [9.17, 15) is 14.4 Å². The Morgan fingerprint density at radius 1 is 0.328 bits per heavy atom. The van der Waals surface area contributed by atoms with E-state index in [0.29, 0.717) is 19.3 Å². The number of allylic oxidation sites excluding steroid dienone is 12. The van der Waals surface area contributed by atoms with Gasteiger partial charge in [-0.1, -0.05) is 190 Å². The van der Waals surface area contributed by atoms with Gasteiger partial charge in [0.1, 0.15) is 13.2 Å². The Hall–Kier alpha value is -3.15. The average molecular weight is 851 g/mol. The van der Waals surface area contributed by atoms with E-state index >= 15 is 0 Å². The summed E-state index contributed by atoms with van der Waals surface area (Å²) in [5.41, 5.74) is 0. The third-order valence-electron chi connectivity index (χ3n) is 10.7. The van der Waals surface area contributed by atoms with Crippen LogP contribution in [0.2, 0.25) is 0 Å². The van der Waals surface area contributed by atoms with Gasteiger partial charge in [-0.3, -0.25) is 14.4 Å². The lowest BCUT2D eigenvalue weighted by Crippen LogP contribution is -2.30. The molecule has 0 aromatic rings.